The summed E-state index contributed by atoms with van der Waals surface area (Å²) in [6, 6.07) is 26.0. The first kappa shape index (κ1) is 30.7. The van der Waals surface area contributed by atoms with Crippen molar-refractivity contribution in [3.8, 4) is 0 Å². The minimum absolute atomic E-state index is 0.175. The van der Waals surface area contributed by atoms with Crippen molar-refractivity contribution in [2.75, 3.05) is 30.3 Å². The van der Waals surface area contributed by atoms with Crippen molar-refractivity contribution < 1.29 is 9.90 Å². The first-order valence-electron chi connectivity index (χ1n) is 14.9. The number of rotatable bonds is 12. The van der Waals surface area contributed by atoms with E-state index in [2.05, 4.69) is 30.9 Å². The minimum atomic E-state index is -0.827. The third-order valence-corrected chi connectivity index (χ3v) is 10.2. The van der Waals surface area contributed by atoms with E-state index in [0.717, 1.165) is 51.9 Å². The average molecular weight is 638 g/mol. The zero-order valence-corrected chi connectivity index (χ0v) is 26.3. The predicted molar refractivity (Wildman–Crippen MR) is 180 cm³/mol. The number of hydrogen-bond acceptors (Lipinski definition) is 10. The number of hydrogen-bond donors (Lipinski definition) is 5. The molecule has 0 aliphatic carbocycles. The van der Waals surface area contributed by atoms with Crippen LogP contribution < -0.4 is 21.7 Å². The molecule has 11 heteroatoms. The fourth-order valence-corrected chi connectivity index (χ4v) is 7.69. The van der Waals surface area contributed by atoms with Gasteiger partial charge in [-0.25, -0.2) is 9.97 Å². The van der Waals surface area contributed by atoms with Gasteiger partial charge in [-0.2, -0.15) is 0 Å². The Morgan fingerprint density at radius 1 is 0.956 bits per heavy atom. The molecular formula is C34H35N7O2S2. The van der Waals surface area contributed by atoms with Crippen LogP contribution in [0.4, 0.5) is 16.6 Å². The molecule has 5 aromatic rings. The normalized spacial score (nSPS) is 13.8. The number of nitrogens with two attached hydrogens (primary N) is 1. The smallest absolute Gasteiger partial charge is 0.267 e. The van der Waals surface area contributed by atoms with E-state index in [4.69, 9.17) is 5.73 Å². The van der Waals surface area contributed by atoms with E-state index in [0.29, 0.717) is 29.0 Å². The fourth-order valence-electron chi connectivity index (χ4n) is 5.72. The molecule has 0 radical (unpaired) electrons. The standard InChI is InChI=1S/C34H35N7O2S2/c35-32(43)31-27(19-34(22-42,23-7-3-1-4-8-23)24-9-5-2-6-10-24)28(15-18-37-31)44-30-21-39-33(45-30)41-29-12-11-26(20-38-29)40-25-13-16-36-17-14-25/h1-12,15,18,20-21,25,36,40,42H,13-14,16-17,19,22H2,(H2,35,43)(H,38,39,41). The van der Waals surface area contributed by atoms with Crippen LogP contribution in [0.15, 0.2) is 107 Å². The number of nitrogens with one attached hydrogen (secondary N) is 3. The van der Waals surface area contributed by atoms with Gasteiger partial charge in [-0.05, 0) is 67.2 Å². The molecule has 1 saturated heterocycles. The molecule has 6 rings (SSSR count). The van der Waals surface area contributed by atoms with Crippen molar-refractivity contribution in [1.82, 2.24) is 20.3 Å². The number of primary amides is 1. The lowest BCUT2D eigenvalue weighted by molar-refractivity contribution is 0.0993. The molecule has 1 aliphatic heterocycles. The zero-order chi connectivity index (χ0) is 31.1. The van der Waals surface area contributed by atoms with E-state index < -0.39 is 11.3 Å². The Bertz CT molecular complexity index is 1670. The molecular weight excluding hydrogens is 603 g/mol. The van der Waals surface area contributed by atoms with Crippen LogP contribution in [0, 0.1) is 0 Å². The van der Waals surface area contributed by atoms with Crippen LogP contribution in [-0.4, -0.2) is 51.7 Å². The third-order valence-electron chi connectivity index (χ3n) is 8.05. The van der Waals surface area contributed by atoms with E-state index in [1.807, 2.05) is 85.1 Å². The number of carbonyl (C=O) groups is 1. The summed E-state index contributed by atoms with van der Waals surface area (Å²) in [5, 5.41) is 22.0. The molecule has 0 atom stereocenters. The Morgan fingerprint density at radius 2 is 1.67 bits per heavy atom. The van der Waals surface area contributed by atoms with Crippen LogP contribution in [0.2, 0.25) is 0 Å². The van der Waals surface area contributed by atoms with Crippen LogP contribution in [0.1, 0.15) is 40.0 Å². The van der Waals surface area contributed by atoms with E-state index >= 15 is 0 Å². The Hall–Kier alpha value is -4.29. The van der Waals surface area contributed by atoms with Crippen molar-refractivity contribution in [3.05, 3.63) is 120 Å². The summed E-state index contributed by atoms with van der Waals surface area (Å²) < 4.78 is 0.915. The first-order valence-corrected chi connectivity index (χ1v) is 16.5. The number of benzene rings is 2. The summed E-state index contributed by atoms with van der Waals surface area (Å²) in [5.74, 6) is 0.0899. The van der Waals surface area contributed by atoms with Crippen molar-refractivity contribution in [3.63, 3.8) is 0 Å². The maximum atomic E-state index is 12.7. The van der Waals surface area contributed by atoms with Gasteiger partial charge in [0, 0.05) is 22.5 Å². The summed E-state index contributed by atoms with van der Waals surface area (Å²) in [5.41, 5.74) is 8.77. The maximum absolute atomic E-state index is 12.7. The number of aliphatic hydroxyl groups excluding tert-OH is 1. The van der Waals surface area contributed by atoms with Crippen molar-refractivity contribution in [2.45, 2.75) is 39.8 Å². The molecule has 1 amide bonds. The molecule has 2 aromatic carbocycles. The van der Waals surface area contributed by atoms with Gasteiger partial charge in [0.25, 0.3) is 5.91 Å². The number of amides is 1. The first-order chi connectivity index (χ1) is 22.0. The number of pyridine rings is 2. The Morgan fingerprint density at radius 3 is 2.29 bits per heavy atom. The van der Waals surface area contributed by atoms with Crippen LogP contribution in [0.3, 0.4) is 0 Å². The van der Waals surface area contributed by atoms with Gasteiger partial charge in [0.05, 0.1) is 28.9 Å². The number of aliphatic hydroxyl groups is 1. The van der Waals surface area contributed by atoms with E-state index in [9.17, 15) is 9.90 Å². The number of thiazole rings is 1. The van der Waals surface area contributed by atoms with Crippen LogP contribution in [-0.2, 0) is 11.8 Å². The van der Waals surface area contributed by atoms with Crippen LogP contribution >= 0.6 is 23.1 Å². The van der Waals surface area contributed by atoms with Crippen molar-refractivity contribution >= 4 is 45.6 Å². The van der Waals surface area contributed by atoms with E-state index in [-0.39, 0.29) is 12.3 Å². The minimum Gasteiger partial charge on any atom is -0.395 e. The molecule has 6 N–H and O–H groups in total. The lowest BCUT2D eigenvalue weighted by Gasteiger charge is -2.34. The molecule has 45 heavy (non-hydrogen) atoms. The van der Waals surface area contributed by atoms with Crippen molar-refractivity contribution in [1.29, 1.82) is 0 Å². The second kappa shape index (κ2) is 14.2. The summed E-state index contributed by atoms with van der Waals surface area (Å²) >= 11 is 2.98. The molecule has 4 heterocycles. The highest BCUT2D eigenvalue weighted by Crippen LogP contribution is 2.42. The highest BCUT2D eigenvalue weighted by molar-refractivity contribution is 8.01. The molecule has 3 aromatic heterocycles. The molecule has 9 nitrogen and oxygen atoms in total. The van der Waals surface area contributed by atoms with E-state index in [1.54, 1.807) is 12.4 Å². The van der Waals surface area contributed by atoms with Gasteiger partial charge in [0.2, 0.25) is 0 Å². The second-order valence-corrected chi connectivity index (χ2v) is 13.3. The average Bonchev–Trinajstić information content (AvgIpc) is 3.52. The topological polar surface area (TPSA) is 138 Å². The summed E-state index contributed by atoms with van der Waals surface area (Å²) in [6.07, 6.45) is 7.75. The Balaban J connectivity index is 1.25. The summed E-state index contributed by atoms with van der Waals surface area (Å²) in [6.45, 7) is 1.89. The summed E-state index contributed by atoms with van der Waals surface area (Å²) in [4.78, 5) is 27.0. The predicted octanol–water partition coefficient (Wildman–Crippen LogP) is 5.61. The van der Waals surface area contributed by atoms with Gasteiger partial charge in [-0.15, -0.1) is 0 Å². The Kier molecular flexibility index (Phi) is 9.70. The largest absolute Gasteiger partial charge is 0.395 e. The van der Waals surface area contributed by atoms with Gasteiger partial charge < -0.3 is 26.8 Å². The molecule has 230 valence electrons. The van der Waals surface area contributed by atoms with Crippen LogP contribution in [0.5, 0.6) is 0 Å². The number of anilines is 3. The quantitative estimate of drug-likeness (QED) is 0.118. The zero-order valence-electron chi connectivity index (χ0n) is 24.6. The van der Waals surface area contributed by atoms with Crippen molar-refractivity contribution in [2.24, 2.45) is 5.73 Å². The lowest BCUT2D eigenvalue weighted by Crippen LogP contribution is -2.36. The fraction of sp³-hybridized carbons (Fsp3) is 0.235. The number of carbonyl (C=O) groups excluding carboxylic acids is 1. The molecule has 0 saturated carbocycles. The van der Waals surface area contributed by atoms with Gasteiger partial charge in [0.1, 0.15) is 11.5 Å². The maximum Gasteiger partial charge on any atom is 0.267 e. The van der Waals surface area contributed by atoms with Gasteiger partial charge >= 0.3 is 0 Å². The SMILES string of the molecule is NC(=O)c1nccc(Sc2cnc(Nc3ccc(NC4CCNCC4)cn3)s2)c1CC(CO)(c1ccccc1)c1ccccc1. The highest BCUT2D eigenvalue weighted by Gasteiger charge is 2.36. The van der Waals surface area contributed by atoms with Gasteiger partial charge in [-0.3, -0.25) is 9.78 Å². The number of aromatic nitrogens is 3. The highest BCUT2D eigenvalue weighted by atomic mass is 32.2. The molecule has 1 fully saturated rings. The van der Waals surface area contributed by atoms with Gasteiger partial charge in [0.15, 0.2) is 5.13 Å². The number of piperidine rings is 1. The molecule has 0 unspecified atom stereocenters. The Labute approximate surface area is 270 Å². The third kappa shape index (κ3) is 7.18. The lowest BCUT2D eigenvalue weighted by atomic mass is 9.71. The number of nitrogens with zero attached hydrogens (tertiary/aromatic N) is 3. The van der Waals surface area contributed by atoms with E-state index in [1.165, 1.54) is 23.1 Å². The molecule has 0 spiro atoms. The second-order valence-electron chi connectivity index (χ2n) is 11.0. The van der Waals surface area contributed by atoms with Gasteiger partial charge in [-0.1, -0.05) is 83.8 Å². The summed E-state index contributed by atoms with van der Waals surface area (Å²) in [7, 11) is 0. The monoisotopic (exact) mass is 637 g/mol. The molecule has 1 aliphatic rings. The molecule has 0 bridgehead atoms. The van der Waals surface area contributed by atoms with Crippen LogP contribution in [0.25, 0.3) is 0 Å².